The molecule has 0 aromatic heterocycles. The second-order valence-corrected chi connectivity index (χ2v) is 10.6. The Labute approximate surface area is 213 Å². The molecule has 0 fully saturated rings. The number of nitrogens with one attached hydrogen (secondary N) is 2. The second-order valence-electron chi connectivity index (χ2n) is 7.88. The summed E-state index contributed by atoms with van der Waals surface area (Å²) < 4.78 is 74.1. The van der Waals surface area contributed by atoms with Gasteiger partial charge in [0.15, 0.2) is 21.1 Å². The highest BCUT2D eigenvalue weighted by Crippen LogP contribution is 2.45. The van der Waals surface area contributed by atoms with Crippen molar-refractivity contribution in [2.45, 2.75) is 9.79 Å². The molecule has 0 atom stereocenters. The maximum Gasteiger partial charge on any atom is 0.336 e. The Balaban J connectivity index is 2.30. The molecular formula is C22H18N4O10S2. The van der Waals surface area contributed by atoms with Gasteiger partial charge >= 0.3 is 5.97 Å². The highest BCUT2D eigenvalue weighted by molar-refractivity contribution is 7.86. The zero-order valence-corrected chi connectivity index (χ0v) is 20.6. The molecule has 0 saturated carbocycles. The number of amides is 1. The van der Waals surface area contributed by atoms with Gasteiger partial charge in [0.1, 0.15) is 0 Å². The summed E-state index contributed by atoms with van der Waals surface area (Å²) in [5, 5.41) is 19.4. The summed E-state index contributed by atoms with van der Waals surface area (Å²) >= 11 is 0. The van der Waals surface area contributed by atoms with Crippen molar-refractivity contribution in [3.05, 3.63) is 58.9 Å². The molecule has 38 heavy (non-hydrogen) atoms. The quantitative estimate of drug-likeness (QED) is 0.0753. The van der Waals surface area contributed by atoms with Crippen LogP contribution in [0.25, 0.3) is 33.4 Å². The first-order chi connectivity index (χ1) is 17.7. The van der Waals surface area contributed by atoms with Crippen LogP contribution < -0.4 is 22.1 Å². The van der Waals surface area contributed by atoms with E-state index < -0.39 is 69.9 Å². The molecule has 2 aliphatic rings. The number of carboxylic acids is 1. The minimum absolute atomic E-state index is 0.0826. The van der Waals surface area contributed by atoms with Crippen molar-refractivity contribution in [1.82, 2.24) is 5.32 Å². The second kappa shape index (κ2) is 9.19. The summed E-state index contributed by atoms with van der Waals surface area (Å²) in [4.78, 5) is 22.5. The molecule has 1 aliphatic heterocycles. The Bertz CT molecular complexity index is 1910. The molecule has 14 nitrogen and oxygen atoms in total. The molecule has 198 valence electrons. The number of hydrogen-bond donors (Lipinski definition) is 7. The van der Waals surface area contributed by atoms with Gasteiger partial charge in [-0.3, -0.25) is 19.3 Å². The lowest BCUT2D eigenvalue weighted by Crippen LogP contribution is -2.29. The highest BCUT2D eigenvalue weighted by atomic mass is 32.2. The third-order valence-electron chi connectivity index (χ3n) is 5.56. The van der Waals surface area contributed by atoms with Crippen LogP contribution in [-0.2, 0) is 20.2 Å². The van der Waals surface area contributed by atoms with Crippen LogP contribution in [0.2, 0.25) is 0 Å². The Morgan fingerprint density at radius 3 is 2.16 bits per heavy atom. The summed E-state index contributed by atoms with van der Waals surface area (Å²) in [6.07, 6.45) is 0. The van der Waals surface area contributed by atoms with Gasteiger partial charge in [-0.1, -0.05) is 6.07 Å². The molecule has 0 radical (unpaired) electrons. The maximum absolute atomic E-state index is 12.3. The predicted molar refractivity (Wildman–Crippen MR) is 132 cm³/mol. The van der Waals surface area contributed by atoms with Gasteiger partial charge in [0.2, 0.25) is 0 Å². The van der Waals surface area contributed by atoms with E-state index in [1.165, 1.54) is 24.3 Å². The molecular weight excluding hydrogens is 544 g/mol. The summed E-state index contributed by atoms with van der Waals surface area (Å²) in [6, 6.07) is 8.04. The van der Waals surface area contributed by atoms with E-state index in [1.54, 1.807) is 0 Å². The molecule has 4 rings (SSSR count). The first kappa shape index (κ1) is 26.7. The van der Waals surface area contributed by atoms with Gasteiger partial charge in [-0.2, -0.15) is 16.8 Å². The number of rotatable bonds is 6. The Kier molecular flexibility index (Phi) is 6.46. The third-order valence-corrected chi connectivity index (χ3v) is 7.42. The monoisotopic (exact) mass is 562 g/mol. The number of anilines is 1. The van der Waals surface area contributed by atoms with Gasteiger partial charge in [0.05, 0.1) is 23.3 Å². The molecule has 0 bridgehead atoms. The zero-order chi connectivity index (χ0) is 28.2. The van der Waals surface area contributed by atoms with Gasteiger partial charge < -0.3 is 26.3 Å². The van der Waals surface area contributed by atoms with E-state index in [0.717, 1.165) is 18.2 Å². The van der Waals surface area contributed by atoms with E-state index in [0.29, 0.717) is 0 Å². The van der Waals surface area contributed by atoms with Crippen LogP contribution in [0.4, 0.5) is 5.69 Å². The fourth-order valence-electron chi connectivity index (χ4n) is 4.07. The van der Waals surface area contributed by atoms with E-state index in [1.807, 2.05) is 0 Å². The Hall–Kier alpha value is -4.35. The number of nitrogens with two attached hydrogens (primary N) is 2. The molecule has 0 unspecified atom stereocenters. The number of benzene rings is 3. The fourth-order valence-corrected chi connectivity index (χ4v) is 5.56. The van der Waals surface area contributed by atoms with E-state index in [4.69, 9.17) is 21.3 Å². The smallest absolute Gasteiger partial charge is 0.336 e. The maximum atomic E-state index is 12.3. The van der Waals surface area contributed by atoms with Crippen molar-refractivity contribution in [2.75, 3.05) is 12.4 Å². The van der Waals surface area contributed by atoms with Gasteiger partial charge in [-0.25, -0.2) is 4.79 Å². The van der Waals surface area contributed by atoms with Gasteiger partial charge in [0.25, 0.3) is 26.1 Å². The number of fused-ring (bicyclic) bond motifs is 2. The minimum atomic E-state index is -5.14. The van der Waals surface area contributed by atoms with E-state index in [9.17, 15) is 40.6 Å². The number of aromatic carboxylic acids is 1. The molecule has 0 spiro atoms. The predicted octanol–water partition coefficient (Wildman–Crippen LogP) is 1.10. The molecule has 16 heteroatoms. The number of carbonyl (C=O) groups is 2. The van der Waals surface area contributed by atoms with Gasteiger partial charge in [-0.15, -0.1) is 0 Å². The molecule has 2 aromatic rings. The van der Waals surface area contributed by atoms with E-state index in [2.05, 4.69) is 5.32 Å². The third kappa shape index (κ3) is 4.46. The first-order valence-electron chi connectivity index (χ1n) is 10.3. The molecule has 0 saturated heterocycles. The lowest BCUT2D eigenvalue weighted by molar-refractivity contribution is 0.0697. The van der Waals surface area contributed by atoms with Crippen LogP contribution in [0, 0.1) is 5.41 Å². The zero-order valence-electron chi connectivity index (χ0n) is 18.9. The molecule has 2 aromatic carbocycles. The van der Waals surface area contributed by atoms with Gasteiger partial charge in [0, 0.05) is 22.1 Å². The average molecular weight is 563 g/mol. The van der Waals surface area contributed by atoms with Crippen LogP contribution in [0.3, 0.4) is 0 Å². The largest absolute Gasteiger partial charge is 0.478 e. The minimum Gasteiger partial charge on any atom is -0.478 e. The van der Waals surface area contributed by atoms with Crippen molar-refractivity contribution in [2.24, 2.45) is 5.73 Å². The van der Waals surface area contributed by atoms with Crippen LogP contribution in [0.5, 0.6) is 0 Å². The van der Waals surface area contributed by atoms with Crippen molar-refractivity contribution >= 4 is 48.8 Å². The summed E-state index contributed by atoms with van der Waals surface area (Å²) in [7, 11) is -10.2. The SMILES string of the molecule is N=c1ccc2c(-c3ccc(C(=O)NCN)cc3C(=O)O)c3ccc(N)c(S(=O)(=O)O)c3oc-2c1S(=O)(=O)O. The number of nitrogen functional groups attached to an aromatic ring is 1. The lowest BCUT2D eigenvalue weighted by Gasteiger charge is -2.20. The molecule has 1 heterocycles. The molecule has 9 N–H and O–H groups in total. The van der Waals surface area contributed by atoms with Gasteiger partial charge in [-0.05, 0) is 42.0 Å². The molecule has 1 aliphatic carbocycles. The topological polar surface area (TPSA) is 264 Å². The molecule has 1 amide bonds. The van der Waals surface area contributed by atoms with Crippen molar-refractivity contribution in [3.8, 4) is 22.5 Å². The van der Waals surface area contributed by atoms with E-state index in [-0.39, 0.29) is 34.3 Å². The van der Waals surface area contributed by atoms with Crippen LogP contribution >= 0.6 is 0 Å². The van der Waals surface area contributed by atoms with Crippen LogP contribution in [0.1, 0.15) is 20.7 Å². The van der Waals surface area contributed by atoms with E-state index >= 15 is 0 Å². The Morgan fingerprint density at radius 1 is 0.947 bits per heavy atom. The Morgan fingerprint density at radius 2 is 1.58 bits per heavy atom. The van der Waals surface area contributed by atoms with Crippen LogP contribution in [0.15, 0.2) is 56.7 Å². The van der Waals surface area contributed by atoms with Crippen molar-refractivity contribution in [3.63, 3.8) is 0 Å². The highest BCUT2D eigenvalue weighted by Gasteiger charge is 2.31. The van der Waals surface area contributed by atoms with Crippen molar-refractivity contribution < 1.29 is 45.1 Å². The fraction of sp³-hybridized carbons (Fsp3) is 0.0455. The standard InChI is InChI=1S/C22H18N4O10S2/c23-8-26-21(27)9-1-2-10(13(7-9)22(28)29)16-11-3-5-14(24)19(37(30,31)32)17(11)36-18-12(16)4-6-15(25)20(18)38(33,34)35/h1-7,24H,8,23,25H2,(H,26,27)(H,28,29)(H,30,31,32)(H,33,34,35). The lowest BCUT2D eigenvalue weighted by atomic mass is 9.89. The number of carboxylic acid groups (broad SMARTS) is 1. The van der Waals surface area contributed by atoms with Crippen molar-refractivity contribution in [1.29, 1.82) is 5.41 Å². The number of hydrogen-bond acceptors (Lipinski definition) is 10. The van der Waals surface area contributed by atoms with Crippen LogP contribution in [-0.4, -0.2) is 49.6 Å². The number of carbonyl (C=O) groups excluding carboxylic acids is 1. The average Bonchev–Trinajstić information content (AvgIpc) is 2.80. The summed E-state index contributed by atoms with van der Waals surface area (Å²) in [6.45, 7) is -0.230. The first-order valence-corrected chi connectivity index (χ1v) is 13.2. The summed E-state index contributed by atoms with van der Waals surface area (Å²) in [5.41, 5.74) is 8.99. The normalized spacial score (nSPS) is 12.1. The summed E-state index contributed by atoms with van der Waals surface area (Å²) in [5.74, 6) is -2.91.